The van der Waals surface area contributed by atoms with Gasteiger partial charge in [-0.3, -0.25) is 0 Å². The van der Waals surface area contributed by atoms with Gasteiger partial charge < -0.3 is 19.6 Å². The number of nitrogens with one attached hydrogen (secondary N) is 1. The van der Waals surface area contributed by atoms with Crippen molar-refractivity contribution in [2.75, 3.05) is 33.9 Å². The molecule has 0 bridgehead atoms. The zero-order valence-corrected chi connectivity index (χ0v) is 13.0. The summed E-state index contributed by atoms with van der Waals surface area (Å²) in [6.07, 6.45) is -0.150. The second-order valence-corrected chi connectivity index (χ2v) is 4.62. The molecule has 0 amide bonds. The number of likely N-dealkylation sites (N-methyl/N-ethyl adjacent to an activating group) is 1. The van der Waals surface area contributed by atoms with Gasteiger partial charge in [-0.05, 0) is 31.2 Å². The third-order valence-corrected chi connectivity index (χ3v) is 3.31. The van der Waals surface area contributed by atoms with Gasteiger partial charge in [-0.1, -0.05) is 13.0 Å². The fourth-order valence-corrected chi connectivity index (χ4v) is 2.21. The van der Waals surface area contributed by atoms with E-state index in [1.165, 1.54) is 0 Å². The van der Waals surface area contributed by atoms with E-state index in [4.69, 9.17) is 14.3 Å². The minimum Gasteiger partial charge on any atom is -0.493 e. The highest BCUT2D eigenvalue weighted by molar-refractivity contribution is 5.79. The molecule has 0 saturated heterocycles. The molecule has 1 aliphatic rings. The SMILES string of the molecule is CCNCC1=N[C@@H](c2ccc(OC)c(OC)c2)N(CC)O1. The molecule has 0 saturated carbocycles. The molecule has 1 aromatic rings. The van der Waals surface area contributed by atoms with Crippen molar-refractivity contribution in [1.29, 1.82) is 0 Å². The van der Waals surface area contributed by atoms with E-state index in [2.05, 4.69) is 17.2 Å². The summed E-state index contributed by atoms with van der Waals surface area (Å²) in [7, 11) is 3.26. The van der Waals surface area contributed by atoms with Crippen molar-refractivity contribution >= 4 is 5.90 Å². The molecule has 1 N–H and O–H groups in total. The Hall–Kier alpha value is -1.79. The first-order chi connectivity index (χ1) is 10.2. The highest BCUT2D eigenvalue weighted by atomic mass is 16.7. The van der Waals surface area contributed by atoms with Crippen molar-refractivity contribution in [2.24, 2.45) is 4.99 Å². The molecule has 0 aliphatic carbocycles. The summed E-state index contributed by atoms with van der Waals surface area (Å²) in [6, 6.07) is 5.81. The maximum atomic E-state index is 5.76. The zero-order chi connectivity index (χ0) is 15.2. The van der Waals surface area contributed by atoms with Crippen molar-refractivity contribution in [3.8, 4) is 11.5 Å². The van der Waals surface area contributed by atoms with Crippen molar-refractivity contribution in [3.05, 3.63) is 23.8 Å². The first-order valence-electron chi connectivity index (χ1n) is 7.17. The molecule has 2 rings (SSSR count). The van der Waals surface area contributed by atoms with Crippen LogP contribution < -0.4 is 14.8 Å². The van der Waals surface area contributed by atoms with Crippen LogP contribution in [0.1, 0.15) is 25.6 Å². The summed E-state index contributed by atoms with van der Waals surface area (Å²) in [5.74, 6) is 2.11. The molecule has 6 nitrogen and oxygen atoms in total. The summed E-state index contributed by atoms with van der Waals surface area (Å²) < 4.78 is 10.6. The van der Waals surface area contributed by atoms with E-state index in [-0.39, 0.29) is 6.17 Å². The molecule has 1 aromatic carbocycles. The molecule has 1 aliphatic heterocycles. The van der Waals surface area contributed by atoms with Crippen LogP contribution in [-0.2, 0) is 4.84 Å². The van der Waals surface area contributed by atoms with Crippen molar-refractivity contribution in [1.82, 2.24) is 10.4 Å². The molecule has 0 unspecified atom stereocenters. The van der Waals surface area contributed by atoms with Gasteiger partial charge in [0.25, 0.3) is 0 Å². The Morgan fingerprint density at radius 3 is 2.62 bits per heavy atom. The van der Waals surface area contributed by atoms with Crippen LogP contribution in [0.3, 0.4) is 0 Å². The summed E-state index contributed by atoms with van der Waals surface area (Å²) >= 11 is 0. The topological polar surface area (TPSA) is 55.3 Å². The molecule has 0 spiro atoms. The Balaban J connectivity index is 2.24. The largest absolute Gasteiger partial charge is 0.493 e. The highest BCUT2D eigenvalue weighted by Crippen LogP contribution is 2.34. The van der Waals surface area contributed by atoms with Gasteiger partial charge in [0, 0.05) is 6.54 Å². The van der Waals surface area contributed by atoms with E-state index in [0.29, 0.717) is 23.9 Å². The Morgan fingerprint density at radius 2 is 2.00 bits per heavy atom. The average Bonchev–Trinajstić information content (AvgIpc) is 2.95. The van der Waals surface area contributed by atoms with Crippen LogP contribution in [0.4, 0.5) is 0 Å². The molecule has 0 fully saturated rings. The molecule has 0 aromatic heterocycles. The fraction of sp³-hybridized carbons (Fsp3) is 0.533. The van der Waals surface area contributed by atoms with Crippen molar-refractivity contribution < 1.29 is 14.3 Å². The van der Waals surface area contributed by atoms with Crippen LogP contribution in [-0.4, -0.2) is 44.8 Å². The predicted octanol–water partition coefficient (Wildman–Crippen LogP) is 1.98. The molecule has 21 heavy (non-hydrogen) atoms. The monoisotopic (exact) mass is 293 g/mol. The van der Waals surface area contributed by atoms with E-state index >= 15 is 0 Å². The van der Waals surface area contributed by atoms with Crippen LogP contribution >= 0.6 is 0 Å². The van der Waals surface area contributed by atoms with Crippen LogP contribution in [0.15, 0.2) is 23.2 Å². The first-order valence-corrected chi connectivity index (χ1v) is 7.17. The quantitative estimate of drug-likeness (QED) is 0.833. The van der Waals surface area contributed by atoms with Gasteiger partial charge in [0.1, 0.15) is 0 Å². The number of ether oxygens (including phenoxy) is 2. The number of hydrogen-bond donors (Lipinski definition) is 1. The van der Waals surface area contributed by atoms with Gasteiger partial charge in [-0.25, -0.2) is 4.99 Å². The molecule has 1 heterocycles. The number of hydroxylamine groups is 2. The number of benzene rings is 1. The van der Waals surface area contributed by atoms with E-state index in [9.17, 15) is 0 Å². The average molecular weight is 293 g/mol. The van der Waals surface area contributed by atoms with E-state index in [1.54, 1.807) is 14.2 Å². The van der Waals surface area contributed by atoms with Gasteiger partial charge in [0.2, 0.25) is 5.90 Å². The zero-order valence-electron chi connectivity index (χ0n) is 13.0. The number of hydrogen-bond acceptors (Lipinski definition) is 6. The Labute approximate surface area is 125 Å². The van der Waals surface area contributed by atoms with Crippen LogP contribution in [0, 0.1) is 0 Å². The standard InChI is InChI=1S/C15H23N3O3/c1-5-16-10-14-17-15(18(6-2)21-14)11-7-8-12(19-3)13(9-11)20-4/h7-9,15-16H,5-6,10H2,1-4H3/t15-/m1/s1. The van der Waals surface area contributed by atoms with Gasteiger partial charge in [0.15, 0.2) is 17.7 Å². The lowest BCUT2D eigenvalue weighted by atomic mass is 10.1. The van der Waals surface area contributed by atoms with E-state index in [0.717, 1.165) is 18.7 Å². The Bertz CT molecular complexity index is 505. The fourth-order valence-electron chi connectivity index (χ4n) is 2.21. The lowest BCUT2D eigenvalue weighted by Crippen LogP contribution is -2.28. The number of methoxy groups -OCH3 is 2. The van der Waals surface area contributed by atoms with Gasteiger partial charge in [-0.2, -0.15) is 0 Å². The third kappa shape index (κ3) is 3.46. The minimum atomic E-state index is -0.150. The molecular formula is C15H23N3O3. The number of rotatable bonds is 7. The lowest BCUT2D eigenvalue weighted by Gasteiger charge is -2.20. The van der Waals surface area contributed by atoms with E-state index < -0.39 is 0 Å². The van der Waals surface area contributed by atoms with Crippen molar-refractivity contribution in [3.63, 3.8) is 0 Å². The minimum absolute atomic E-state index is 0.150. The normalized spacial score (nSPS) is 18.3. The molecule has 116 valence electrons. The lowest BCUT2D eigenvalue weighted by molar-refractivity contribution is -0.0811. The van der Waals surface area contributed by atoms with E-state index in [1.807, 2.05) is 30.2 Å². The summed E-state index contributed by atoms with van der Waals surface area (Å²) in [4.78, 5) is 10.4. The number of nitrogens with zero attached hydrogens (tertiary/aromatic N) is 2. The molecule has 0 radical (unpaired) electrons. The Morgan fingerprint density at radius 1 is 1.24 bits per heavy atom. The molecular weight excluding hydrogens is 270 g/mol. The Kier molecular flexibility index (Phi) is 5.41. The van der Waals surface area contributed by atoms with Crippen LogP contribution in [0.5, 0.6) is 11.5 Å². The summed E-state index contributed by atoms with van der Waals surface area (Å²) in [5.41, 5.74) is 1.01. The van der Waals surface area contributed by atoms with Gasteiger partial charge in [-0.15, -0.1) is 5.06 Å². The summed E-state index contributed by atoms with van der Waals surface area (Å²) in [5, 5.41) is 5.08. The maximum absolute atomic E-state index is 5.76. The molecule has 1 atom stereocenters. The molecule has 6 heteroatoms. The van der Waals surface area contributed by atoms with Gasteiger partial charge in [0.05, 0.1) is 20.8 Å². The van der Waals surface area contributed by atoms with Gasteiger partial charge >= 0.3 is 0 Å². The smallest absolute Gasteiger partial charge is 0.225 e. The van der Waals surface area contributed by atoms with Crippen molar-refractivity contribution in [2.45, 2.75) is 20.0 Å². The third-order valence-electron chi connectivity index (χ3n) is 3.31. The second kappa shape index (κ2) is 7.28. The second-order valence-electron chi connectivity index (χ2n) is 4.62. The maximum Gasteiger partial charge on any atom is 0.225 e. The van der Waals surface area contributed by atoms with Crippen LogP contribution in [0.2, 0.25) is 0 Å². The summed E-state index contributed by atoms with van der Waals surface area (Å²) in [6.45, 7) is 6.36. The van der Waals surface area contributed by atoms with Crippen LogP contribution in [0.25, 0.3) is 0 Å². The highest BCUT2D eigenvalue weighted by Gasteiger charge is 2.29. The number of aliphatic imine (C=N–C) groups is 1. The first kappa shape index (κ1) is 15.6. The predicted molar refractivity (Wildman–Crippen MR) is 81.7 cm³/mol.